The van der Waals surface area contributed by atoms with Gasteiger partial charge in [-0.3, -0.25) is 14.4 Å². The molecular formula is C16H25NO6. The second kappa shape index (κ2) is 8.64. The Kier molecular flexibility index (Phi) is 7.19. The molecule has 0 aliphatic carbocycles. The number of rotatable bonds is 8. The van der Waals surface area contributed by atoms with Crippen LogP contribution in [-0.2, 0) is 28.8 Å². The first kappa shape index (κ1) is 19.1. The lowest BCUT2D eigenvalue weighted by molar-refractivity contribution is -0.200. The Labute approximate surface area is 136 Å². The van der Waals surface area contributed by atoms with Crippen molar-refractivity contribution in [2.75, 3.05) is 6.61 Å². The first-order chi connectivity index (χ1) is 10.7. The molecule has 1 aliphatic rings. The number of hydroxylamine groups is 2. The molecule has 0 aromatic rings. The Morgan fingerprint density at radius 3 is 2.04 bits per heavy atom. The minimum absolute atomic E-state index is 0.0546. The van der Waals surface area contributed by atoms with Gasteiger partial charge in [-0.25, -0.2) is 4.79 Å². The van der Waals surface area contributed by atoms with Crippen molar-refractivity contribution in [2.45, 2.75) is 53.4 Å². The Balaban J connectivity index is 2.40. The van der Waals surface area contributed by atoms with Gasteiger partial charge in [-0.1, -0.05) is 27.7 Å². The molecule has 1 heterocycles. The summed E-state index contributed by atoms with van der Waals surface area (Å²) in [6.07, 6.45) is 1.13. The van der Waals surface area contributed by atoms with Crippen molar-refractivity contribution >= 4 is 23.8 Å². The van der Waals surface area contributed by atoms with Gasteiger partial charge in [0.1, 0.15) is 0 Å². The van der Waals surface area contributed by atoms with Crippen LogP contribution >= 0.6 is 0 Å². The van der Waals surface area contributed by atoms with Crippen molar-refractivity contribution in [3.63, 3.8) is 0 Å². The van der Waals surface area contributed by atoms with E-state index in [0.29, 0.717) is 17.6 Å². The van der Waals surface area contributed by atoms with Crippen LogP contribution in [0, 0.1) is 17.8 Å². The Morgan fingerprint density at radius 1 is 1.00 bits per heavy atom. The van der Waals surface area contributed by atoms with Crippen LogP contribution in [0.2, 0.25) is 0 Å². The highest BCUT2D eigenvalue weighted by Crippen LogP contribution is 2.18. The molecule has 1 saturated heterocycles. The quantitative estimate of drug-likeness (QED) is 0.499. The molecule has 7 heteroatoms. The monoisotopic (exact) mass is 327 g/mol. The molecular weight excluding hydrogens is 302 g/mol. The molecule has 0 radical (unpaired) electrons. The molecule has 2 amide bonds. The van der Waals surface area contributed by atoms with Crippen LogP contribution in [0.3, 0.4) is 0 Å². The second-order valence-corrected chi connectivity index (χ2v) is 6.38. The van der Waals surface area contributed by atoms with E-state index in [1.165, 1.54) is 0 Å². The van der Waals surface area contributed by atoms with E-state index in [2.05, 4.69) is 0 Å². The molecule has 23 heavy (non-hydrogen) atoms. The number of carbonyl (C=O) groups is 4. The van der Waals surface area contributed by atoms with Crippen molar-refractivity contribution < 1.29 is 28.8 Å². The third kappa shape index (κ3) is 6.00. The SMILES string of the molecule is CC(C)CCOC(=O)C(C)CC(C)C(=O)ON1C(=O)CCC1=O. The third-order valence-electron chi connectivity index (χ3n) is 3.64. The maximum atomic E-state index is 11.9. The van der Waals surface area contributed by atoms with Crippen molar-refractivity contribution in [3.05, 3.63) is 0 Å². The summed E-state index contributed by atoms with van der Waals surface area (Å²) in [5, 5.41) is 0.518. The summed E-state index contributed by atoms with van der Waals surface area (Å²) in [4.78, 5) is 51.4. The smallest absolute Gasteiger partial charge is 0.335 e. The van der Waals surface area contributed by atoms with Crippen molar-refractivity contribution in [1.82, 2.24) is 5.06 Å². The van der Waals surface area contributed by atoms with Crippen LogP contribution in [0.15, 0.2) is 0 Å². The fraction of sp³-hybridized carbons (Fsp3) is 0.750. The first-order valence-electron chi connectivity index (χ1n) is 7.96. The number of imide groups is 1. The summed E-state index contributed by atoms with van der Waals surface area (Å²) in [5.74, 6) is -2.73. The summed E-state index contributed by atoms with van der Waals surface area (Å²) < 4.78 is 5.15. The number of esters is 1. The average molecular weight is 327 g/mol. The van der Waals surface area contributed by atoms with E-state index in [4.69, 9.17) is 9.57 Å². The number of carbonyl (C=O) groups excluding carboxylic acids is 4. The molecule has 0 aromatic carbocycles. The second-order valence-electron chi connectivity index (χ2n) is 6.38. The van der Waals surface area contributed by atoms with Crippen LogP contribution < -0.4 is 0 Å². The van der Waals surface area contributed by atoms with Gasteiger partial charge in [-0.2, -0.15) is 0 Å². The molecule has 130 valence electrons. The lowest BCUT2D eigenvalue weighted by Crippen LogP contribution is -2.34. The highest BCUT2D eigenvalue weighted by atomic mass is 16.7. The van der Waals surface area contributed by atoms with Gasteiger partial charge in [-0.15, -0.1) is 5.06 Å². The number of amides is 2. The number of ether oxygens (including phenoxy) is 1. The maximum absolute atomic E-state index is 11.9. The van der Waals surface area contributed by atoms with E-state index in [1.54, 1.807) is 13.8 Å². The number of hydrogen-bond donors (Lipinski definition) is 0. The average Bonchev–Trinajstić information content (AvgIpc) is 2.78. The molecule has 0 aromatic heterocycles. The van der Waals surface area contributed by atoms with Crippen LogP contribution in [0.25, 0.3) is 0 Å². The van der Waals surface area contributed by atoms with Gasteiger partial charge >= 0.3 is 11.9 Å². The third-order valence-corrected chi connectivity index (χ3v) is 3.64. The van der Waals surface area contributed by atoms with Crippen LogP contribution in [0.5, 0.6) is 0 Å². The summed E-state index contributed by atoms with van der Waals surface area (Å²) >= 11 is 0. The van der Waals surface area contributed by atoms with Gasteiger partial charge in [0, 0.05) is 12.8 Å². The van der Waals surface area contributed by atoms with Gasteiger partial charge in [0.2, 0.25) is 0 Å². The van der Waals surface area contributed by atoms with E-state index < -0.39 is 29.6 Å². The van der Waals surface area contributed by atoms with Crippen LogP contribution in [0.4, 0.5) is 0 Å². The summed E-state index contributed by atoms with van der Waals surface area (Å²) in [7, 11) is 0. The largest absolute Gasteiger partial charge is 0.465 e. The highest BCUT2D eigenvalue weighted by Gasteiger charge is 2.34. The van der Waals surface area contributed by atoms with Crippen molar-refractivity contribution in [1.29, 1.82) is 0 Å². The zero-order chi connectivity index (χ0) is 17.6. The molecule has 7 nitrogen and oxygen atoms in total. The van der Waals surface area contributed by atoms with Gasteiger partial charge in [0.15, 0.2) is 0 Å². The van der Waals surface area contributed by atoms with Crippen LogP contribution in [-0.4, -0.2) is 35.4 Å². The standard InChI is InChI=1S/C16H25NO6/c1-10(2)7-8-22-15(20)11(3)9-12(4)16(21)23-17-13(18)5-6-14(17)19/h10-12H,5-9H2,1-4H3. The maximum Gasteiger partial charge on any atom is 0.335 e. The fourth-order valence-electron chi connectivity index (χ4n) is 2.10. The molecule has 2 atom stereocenters. The zero-order valence-corrected chi connectivity index (χ0v) is 14.2. The minimum Gasteiger partial charge on any atom is -0.465 e. The molecule has 0 bridgehead atoms. The summed E-state index contributed by atoms with van der Waals surface area (Å²) in [6.45, 7) is 7.70. The highest BCUT2D eigenvalue weighted by molar-refractivity contribution is 6.01. The predicted molar refractivity (Wildman–Crippen MR) is 80.5 cm³/mol. The van der Waals surface area contributed by atoms with Crippen molar-refractivity contribution in [3.8, 4) is 0 Å². The summed E-state index contributed by atoms with van der Waals surface area (Å²) in [6, 6.07) is 0. The van der Waals surface area contributed by atoms with E-state index in [1.807, 2.05) is 13.8 Å². The molecule has 0 saturated carbocycles. The minimum atomic E-state index is -0.699. The molecule has 1 aliphatic heterocycles. The zero-order valence-electron chi connectivity index (χ0n) is 14.2. The van der Waals surface area contributed by atoms with Crippen LogP contribution in [0.1, 0.15) is 53.4 Å². The van der Waals surface area contributed by atoms with Crippen molar-refractivity contribution in [2.24, 2.45) is 17.8 Å². The Morgan fingerprint density at radius 2 is 1.52 bits per heavy atom. The van der Waals surface area contributed by atoms with Gasteiger partial charge < -0.3 is 9.57 Å². The number of hydrogen-bond acceptors (Lipinski definition) is 6. The topological polar surface area (TPSA) is 90.0 Å². The molecule has 1 fully saturated rings. The number of nitrogens with zero attached hydrogens (tertiary/aromatic N) is 1. The van der Waals surface area contributed by atoms with E-state index >= 15 is 0 Å². The Bertz CT molecular complexity index is 457. The normalized spacial score (nSPS) is 17.3. The molecule has 2 unspecified atom stereocenters. The molecule has 0 N–H and O–H groups in total. The van der Waals surface area contributed by atoms with Gasteiger partial charge in [-0.05, 0) is 18.8 Å². The summed E-state index contributed by atoms with van der Waals surface area (Å²) in [5.41, 5.74) is 0. The first-order valence-corrected chi connectivity index (χ1v) is 7.96. The van der Waals surface area contributed by atoms with Gasteiger partial charge in [0.05, 0.1) is 18.4 Å². The molecule has 0 spiro atoms. The fourth-order valence-corrected chi connectivity index (χ4v) is 2.10. The Hall–Kier alpha value is -1.92. The van der Waals surface area contributed by atoms with E-state index in [0.717, 1.165) is 6.42 Å². The lowest BCUT2D eigenvalue weighted by Gasteiger charge is -2.18. The van der Waals surface area contributed by atoms with E-state index in [-0.39, 0.29) is 25.2 Å². The predicted octanol–water partition coefficient (Wildman–Crippen LogP) is 1.85. The van der Waals surface area contributed by atoms with E-state index in [9.17, 15) is 19.2 Å². The molecule has 1 rings (SSSR count). The lowest BCUT2D eigenvalue weighted by atomic mass is 9.97. The van der Waals surface area contributed by atoms with Gasteiger partial charge in [0.25, 0.3) is 11.8 Å².